The van der Waals surface area contributed by atoms with Gasteiger partial charge in [-0.25, -0.2) is 0 Å². The first-order chi connectivity index (χ1) is 8.83. The van der Waals surface area contributed by atoms with E-state index in [2.05, 4.69) is 6.07 Å². The lowest BCUT2D eigenvalue weighted by Crippen LogP contribution is -2.23. The van der Waals surface area contributed by atoms with Crippen LogP contribution in [0.1, 0.15) is 11.5 Å². The molecule has 1 heterocycles. The van der Waals surface area contributed by atoms with Crippen LogP contribution in [0.5, 0.6) is 0 Å². The Balaban J connectivity index is 2.18. The zero-order valence-corrected chi connectivity index (χ0v) is 9.58. The lowest BCUT2D eigenvalue weighted by atomic mass is 10.0. The Bertz CT molecular complexity index is 643. The van der Waals surface area contributed by atoms with Gasteiger partial charge in [0.1, 0.15) is 0 Å². The lowest BCUT2D eigenvalue weighted by molar-refractivity contribution is -0.117. The van der Waals surface area contributed by atoms with Gasteiger partial charge >= 0.3 is 0 Å². The lowest BCUT2D eigenvalue weighted by Gasteiger charge is -2.17. The van der Waals surface area contributed by atoms with E-state index in [1.54, 1.807) is 4.90 Å². The number of carbonyl (C=O) groups is 1. The molecule has 3 rings (SSSR count). The molecule has 0 N–H and O–H groups in total. The van der Waals surface area contributed by atoms with Crippen LogP contribution in [0.25, 0.3) is 0 Å². The number of fused-ring (bicyclic) bond motifs is 1. The Labute approximate surface area is 105 Å². The van der Waals surface area contributed by atoms with Gasteiger partial charge in [-0.2, -0.15) is 5.26 Å². The number of hydrogen-bond donors (Lipinski definition) is 0. The number of hydrogen-bond acceptors (Lipinski definition) is 2. The number of anilines is 2. The van der Waals surface area contributed by atoms with E-state index < -0.39 is 5.92 Å². The molecule has 1 unspecified atom stereocenters. The molecule has 86 valence electrons. The summed E-state index contributed by atoms with van der Waals surface area (Å²) >= 11 is 0. The number of nitrogens with zero attached hydrogens (tertiary/aromatic N) is 2. The fourth-order valence-corrected chi connectivity index (χ4v) is 2.28. The number of benzene rings is 2. The van der Waals surface area contributed by atoms with Crippen LogP contribution in [0, 0.1) is 11.3 Å². The average Bonchev–Trinajstić information content (AvgIpc) is 2.71. The van der Waals surface area contributed by atoms with Crippen LogP contribution < -0.4 is 4.90 Å². The van der Waals surface area contributed by atoms with E-state index in [-0.39, 0.29) is 5.91 Å². The quantitative estimate of drug-likeness (QED) is 0.761. The van der Waals surface area contributed by atoms with Crippen LogP contribution in [0.3, 0.4) is 0 Å². The van der Waals surface area contributed by atoms with Gasteiger partial charge in [0.15, 0.2) is 5.92 Å². The Kier molecular flexibility index (Phi) is 2.35. The minimum atomic E-state index is -0.693. The Morgan fingerprint density at radius 3 is 2.39 bits per heavy atom. The van der Waals surface area contributed by atoms with Gasteiger partial charge in [0.2, 0.25) is 0 Å². The molecular weight excluding hydrogens is 224 g/mol. The predicted molar refractivity (Wildman–Crippen MR) is 68.4 cm³/mol. The van der Waals surface area contributed by atoms with Crippen molar-refractivity contribution in [3.63, 3.8) is 0 Å². The molecule has 2 aromatic rings. The van der Waals surface area contributed by atoms with E-state index in [9.17, 15) is 4.79 Å². The van der Waals surface area contributed by atoms with Crippen molar-refractivity contribution in [2.45, 2.75) is 5.92 Å². The first kappa shape index (κ1) is 10.5. The molecule has 18 heavy (non-hydrogen) atoms. The van der Waals surface area contributed by atoms with Crippen LogP contribution in [0.2, 0.25) is 0 Å². The predicted octanol–water partition coefficient (Wildman–Crippen LogP) is 2.97. The standard InChI is InChI=1S/C15H10N2O/c16-10-13-12-8-4-5-9-14(12)17(15(13)18)11-6-2-1-3-7-11/h1-9,13H. The number of nitriles is 1. The zero-order chi connectivity index (χ0) is 12.5. The Hall–Kier alpha value is -2.60. The summed E-state index contributed by atoms with van der Waals surface area (Å²) in [6.07, 6.45) is 0. The van der Waals surface area contributed by atoms with Crippen molar-refractivity contribution in [2.24, 2.45) is 0 Å². The summed E-state index contributed by atoms with van der Waals surface area (Å²) in [6, 6.07) is 18.9. The van der Waals surface area contributed by atoms with Crippen molar-refractivity contribution in [1.29, 1.82) is 5.26 Å². The monoisotopic (exact) mass is 234 g/mol. The molecule has 1 amide bonds. The van der Waals surface area contributed by atoms with E-state index >= 15 is 0 Å². The van der Waals surface area contributed by atoms with Gasteiger partial charge in [0.05, 0.1) is 11.8 Å². The number of carbonyl (C=O) groups excluding carboxylic acids is 1. The van der Waals surface area contributed by atoms with Crippen molar-refractivity contribution in [3.05, 3.63) is 60.2 Å². The molecule has 0 fully saturated rings. The second-order valence-corrected chi connectivity index (χ2v) is 4.13. The van der Waals surface area contributed by atoms with Gasteiger partial charge in [0, 0.05) is 11.3 Å². The van der Waals surface area contributed by atoms with E-state index in [1.165, 1.54) is 0 Å². The third-order valence-electron chi connectivity index (χ3n) is 3.10. The minimum Gasteiger partial charge on any atom is -0.279 e. The second-order valence-electron chi connectivity index (χ2n) is 4.13. The van der Waals surface area contributed by atoms with Crippen molar-refractivity contribution < 1.29 is 4.79 Å². The van der Waals surface area contributed by atoms with Gasteiger partial charge in [-0.3, -0.25) is 9.69 Å². The average molecular weight is 234 g/mol. The van der Waals surface area contributed by atoms with Crippen molar-refractivity contribution in [1.82, 2.24) is 0 Å². The molecule has 0 saturated heterocycles. The van der Waals surface area contributed by atoms with E-state index in [0.29, 0.717) is 0 Å². The summed E-state index contributed by atoms with van der Waals surface area (Å²) in [7, 11) is 0. The molecule has 3 heteroatoms. The van der Waals surface area contributed by atoms with Gasteiger partial charge < -0.3 is 0 Å². The van der Waals surface area contributed by atoms with E-state index in [4.69, 9.17) is 5.26 Å². The third kappa shape index (κ3) is 1.40. The molecule has 1 aliphatic heterocycles. The molecule has 0 bridgehead atoms. The first-order valence-corrected chi connectivity index (χ1v) is 5.70. The van der Waals surface area contributed by atoms with E-state index in [1.807, 2.05) is 54.6 Å². The van der Waals surface area contributed by atoms with Crippen LogP contribution in [-0.2, 0) is 4.79 Å². The van der Waals surface area contributed by atoms with Crippen LogP contribution >= 0.6 is 0 Å². The largest absolute Gasteiger partial charge is 0.279 e. The third-order valence-corrected chi connectivity index (χ3v) is 3.10. The van der Waals surface area contributed by atoms with Gasteiger partial charge in [0.25, 0.3) is 5.91 Å². The zero-order valence-electron chi connectivity index (χ0n) is 9.58. The highest BCUT2D eigenvalue weighted by Gasteiger charge is 2.37. The van der Waals surface area contributed by atoms with Gasteiger partial charge in [-0.1, -0.05) is 36.4 Å². The SMILES string of the molecule is N#CC1C(=O)N(c2ccccc2)c2ccccc21. The molecule has 0 aromatic heterocycles. The summed E-state index contributed by atoms with van der Waals surface area (Å²) in [4.78, 5) is 13.9. The first-order valence-electron chi connectivity index (χ1n) is 5.70. The number of rotatable bonds is 1. The van der Waals surface area contributed by atoms with Crippen molar-refractivity contribution >= 4 is 17.3 Å². The summed E-state index contributed by atoms with van der Waals surface area (Å²) < 4.78 is 0. The molecular formula is C15H10N2O. The molecule has 0 aliphatic carbocycles. The van der Waals surface area contributed by atoms with Crippen LogP contribution in [0.15, 0.2) is 54.6 Å². The number of para-hydroxylation sites is 2. The molecule has 0 radical (unpaired) electrons. The summed E-state index contributed by atoms with van der Waals surface area (Å²) in [6.45, 7) is 0. The molecule has 1 aliphatic rings. The fourth-order valence-electron chi connectivity index (χ4n) is 2.28. The van der Waals surface area contributed by atoms with E-state index in [0.717, 1.165) is 16.9 Å². The Morgan fingerprint density at radius 2 is 1.67 bits per heavy atom. The highest BCUT2D eigenvalue weighted by Crippen LogP contribution is 2.41. The molecule has 0 spiro atoms. The van der Waals surface area contributed by atoms with Crippen LogP contribution in [-0.4, -0.2) is 5.91 Å². The van der Waals surface area contributed by atoms with Gasteiger partial charge in [-0.15, -0.1) is 0 Å². The maximum Gasteiger partial charge on any atom is 0.253 e. The summed E-state index contributed by atoms with van der Waals surface area (Å²) in [5.74, 6) is -0.869. The topological polar surface area (TPSA) is 44.1 Å². The molecule has 3 nitrogen and oxygen atoms in total. The highest BCUT2D eigenvalue weighted by atomic mass is 16.2. The minimum absolute atomic E-state index is 0.176. The second kappa shape index (κ2) is 4.01. The molecule has 1 atom stereocenters. The fraction of sp³-hybridized carbons (Fsp3) is 0.0667. The smallest absolute Gasteiger partial charge is 0.253 e. The maximum absolute atomic E-state index is 12.3. The van der Waals surface area contributed by atoms with Crippen molar-refractivity contribution in [3.8, 4) is 6.07 Å². The van der Waals surface area contributed by atoms with Crippen molar-refractivity contribution in [2.75, 3.05) is 4.90 Å². The summed E-state index contributed by atoms with van der Waals surface area (Å²) in [5.41, 5.74) is 2.39. The highest BCUT2D eigenvalue weighted by molar-refractivity contribution is 6.11. The van der Waals surface area contributed by atoms with Crippen LogP contribution in [0.4, 0.5) is 11.4 Å². The normalized spacial score (nSPS) is 17.4. The number of amides is 1. The molecule has 0 saturated carbocycles. The molecule has 2 aromatic carbocycles. The summed E-state index contributed by atoms with van der Waals surface area (Å²) in [5, 5.41) is 9.15. The van der Waals surface area contributed by atoms with Gasteiger partial charge in [-0.05, 0) is 18.2 Å². The maximum atomic E-state index is 12.3. The Morgan fingerprint density at radius 1 is 1.00 bits per heavy atom.